The van der Waals surface area contributed by atoms with Crippen LogP contribution in [0.2, 0.25) is 5.02 Å². The minimum Gasteiger partial charge on any atom is -0.314 e. The molecule has 0 unspecified atom stereocenters. The molecule has 0 amide bonds. The number of nitrogens with one attached hydrogen (secondary N) is 1. The maximum atomic E-state index is 5.75. The second-order valence-electron chi connectivity index (χ2n) is 3.86. The second-order valence-corrected chi connectivity index (χ2v) is 4.29. The molecule has 1 fully saturated rings. The lowest BCUT2D eigenvalue weighted by molar-refractivity contribution is 0.534. The van der Waals surface area contributed by atoms with Crippen molar-refractivity contribution in [3.8, 4) is 0 Å². The standard InChI is InChI=1S/C10H16ClN3/c11-9-7-13-14(8-9)6-2-1-5-12-10-3-4-10/h7-8,10,12H,1-6H2. The van der Waals surface area contributed by atoms with Crippen LogP contribution in [0.4, 0.5) is 0 Å². The topological polar surface area (TPSA) is 29.9 Å². The molecule has 0 atom stereocenters. The highest BCUT2D eigenvalue weighted by Crippen LogP contribution is 2.18. The van der Waals surface area contributed by atoms with Crippen LogP contribution in [0.3, 0.4) is 0 Å². The number of aromatic nitrogens is 2. The zero-order valence-corrected chi connectivity index (χ0v) is 9.00. The predicted molar refractivity (Wildman–Crippen MR) is 57.5 cm³/mol. The van der Waals surface area contributed by atoms with Crippen molar-refractivity contribution in [2.24, 2.45) is 0 Å². The van der Waals surface area contributed by atoms with Crippen molar-refractivity contribution in [1.82, 2.24) is 15.1 Å². The largest absolute Gasteiger partial charge is 0.314 e. The van der Waals surface area contributed by atoms with Crippen molar-refractivity contribution < 1.29 is 0 Å². The van der Waals surface area contributed by atoms with E-state index in [0.29, 0.717) is 0 Å². The van der Waals surface area contributed by atoms with E-state index in [9.17, 15) is 0 Å². The highest BCUT2D eigenvalue weighted by atomic mass is 35.5. The van der Waals surface area contributed by atoms with Gasteiger partial charge in [-0.05, 0) is 32.2 Å². The van der Waals surface area contributed by atoms with E-state index >= 15 is 0 Å². The van der Waals surface area contributed by atoms with Gasteiger partial charge in [0.15, 0.2) is 0 Å². The van der Waals surface area contributed by atoms with Crippen LogP contribution >= 0.6 is 11.6 Å². The molecule has 1 heterocycles. The van der Waals surface area contributed by atoms with Crippen LogP contribution in [0.15, 0.2) is 12.4 Å². The van der Waals surface area contributed by atoms with E-state index in [1.807, 2.05) is 10.9 Å². The third kappa shape index (κ3) is 3.31. The van der Waals surface area contributed by atoms with Gasteiger partial charge in [0.05, 0.1) is 11.2 Å². The lowest BCUT2D eigenvalue weighted by Crippen LogP contribution is -2.17. The zero-order valence-electron chi connectivity index (χ0n) is 8.25. The Bertz CT molecular complexity index is 281. The van der Waals surface area contributed by atoms with Crippen molar-refractivity contribution in [1.29, 1.82) is 0 Å². The Labute approximate surface area is 89.4 Å². The third-order valence-corrected chi connectivity index (χ3v) is 2.62. The van der Waals surface area contributed by atoms with Crippen molar-refractivity contribution in [3.63, 3.8) is 0 Å². The van der Waals surface area contributed by atoms with Gasteiger partial charge in [0.1, 0.15) is 0 Å². The molecule has 2 rings (SSSR count). The van der Waals surface area contributed by atoms with E-state index in [-0.39, 0.29) is 0 Å². The Morgan fingerprint density at radius 2 is 2.36 bits per heavy atom. The van der Waals surface area contributed by atoms with Crippen molar-refractivity contribution in [2.75, 3.05) is 6.54 Å². The first-order valence-electron chi connectivity index (χ1n) is 5.26. The highest BCUT2D eigenvalue weighted by molar-refractivity contribution is 6.30. The average molecular weight is 214 g/mol. The summed E-state index contributed by atoms with van der Waals surface area (Å²) in [7, 11) is 0. The summed E-state index contributed by atoms with van der Waals surface area (Å²) in [6.07, 6.45) is 8.68. The number of rotatable bonds is 6. The summed E-state index contributed by atoms with van der Waals surface area (Å²) in [4.78, 5) is 0. The van der Waals surface area contributed by atoms with Gasteiger partial charge in [-0.2, -0.15) is 5.10 Å². The van der Waals surface area contributed by atoms with Gasteiger partial charge in [-0.25, -0.2) is 0 Å². The summed E-state index contributed by atoms with van der Waals surface area (Å²) in [5.41, 5.74) is 0. The number of unbranched alkanes of at least 4 members (excludes halogenated alkanes) is 1. The van der Waals surface area contributed by atoms with E-state index in [0.717, 1.165) is 30.6 Å². The van der Waals surface area contributed by atoms with Gasteiger partial charge < -0.3 is 5.32 Å². The van der Waals surface area contributed by atoms with E-state index in [4.69, 9.17) is 11.6 Å². The van der Waals surface area contributed by atoms with Crippen LogP contribution in [0.1, 0.15) is 25.7 Å². The normalized spacial score (nSPS) is 16.1. The third-order valence-electron chi connectivity index (χ3n) is 2.43. The average Bonchev–Trinajstić information content (AvgIpc) is 2.89. The van der Waals surface area contributed by atoms with Crippen LogP contribution < -0.4 is 5.32 Å². The number of hydrogen-bond donors (Lipinski definition) is 1. The summed E-state index contributed by atoms with van der Waals surface area (Å²) < 4.78 is 1.90. The molecular weight excluding hydrogens is 198 g/mol. The van der Waals surface area contributed by atoms with Gasteiger partial charge >= 0.3 is 0 Å². The van der Waals surface area contributed by atoms with Gasteiger partial charge in [-0.3, -0.25) is 4.68 Å². The van der Waals surface area contributed by atoms with Crippen molar-refractivity contribution in [2.45, 2.75) is 38.3 Å². The molecule has 1 aliphatic carbocycles. The Kier molecular flexibility index (Phi) is 3.43. The lowest BCUT2D eigenvalue weighted by Gasteiger charge is -2.02. The lowest BCUT2D eigenvalue weighted by atomic mass is 10.3. The molecule has 0 aromatic carbocycles. The minimum atomic E-state index is 0.723. The fourth-order valence-corrected chi connectivity index (χ4v) is 1.61. The Balaban J connectivity index is 1.53. The smallest absolute Gasteiger partial charge is 0.0785 e. The summed E-state index contributed by atoms with van der Waals surface area (Å²) >= 11 is 5.75. The maximum absolute atomic E-state index is 5.75. The number of hydrogen-bond acceptors (Lipinski definition) is 2. The van der Waals surface area contributed by atoms with Gasteiger partial charge in [-0.15, -0.1) is 0 Å². The van der Waals surface area contributed by atoms with Crippen LogP contribution in [0.25, 0.3) is 0 Å². The molecule has 1 aliphatic rings. The molecule has 0 spiro atoms. The fourth-order valence-electron chi connectivity index (χ4n) is 1.45. The molecule has 4 heteroatoms. The van der Waals surface area contributed by atoms with E-state index in [2.05, 4.69) is 10.4 Å². The van der Waals surface area contributed by atoms with Crippen LogP contribution in [-0.4, -0.2) is 22.4 Å². The Morgan fingerprint density at radius 1 is 1.50 bits per heavy atom. The molecule has 0 saturated heterocycles. The SMILES string of the molecule is Clc1cnn(CCCCNC2CC2)c1. The molecule has 3 nitrogen and oxygen atoms in total. The summed E-state index contributed by atoms with van der Waals surface area (Å²) in [5, 5.41) is 8.34. The molecule has 1 aromatic heterocycles. The minimum absolute atomic E-state index is 0.723. The number of aryl methyl sites for hydroxylation is 1. The Morgan fingerprint density at radius 3 is 3.00 bits per heavy atom. The van der Waals surface area contributed by atoms with Gasteiger partial charge in [0.2, 0.25) is 0 Å². The summed E-state index contributed by atoms with van der Waals surface area (Å²) in [6.45, 7) is 2.11. The molecule has 1 saturated carbocycles. The number of nitrogens with zero attached hydrogens (tertiary/aromatic N) is 2. The predicted octanol–water partition coefficient (Wildman–Crippen LogP) is 2.07. The second kappa shape index (κ2) is 4.80. The van der Waals surface area contributed by atoms with E-state index in [1.54, 1.807) is 6.20 Å². The molecule has 1 aromatic rings. The van der Waals surface area contributed by atoms with Crippen molar-refractivity contribution >= 4 is 11.6 Å². The highest BCUT2D eigenvalue weighted by Gasteiger charge is 2.19. The Hall–Kier alpha value is -0.540. The molecule has 0 aliphatic heterocycles. The first-order valence-corrected chi connectivity index (χ1v) is 5.64. The molecule has 0 radical (unpaired) electrons. The first kappa shape index (κ1) is 9.99. The molecule has 0 bridgehead atoms. The van der Waals surface area contributed by atoms with E-state index < -0.39 is 0 Å². The molecule has 78 valence electrons. The van der Waals surface area contributed by atoms with Gasteiger partial charge in [-0.1, -0.05) is 11.6 Å². The maximum Gasteiger partial charge on any atom is 0.0785 e. The van der Waals surface area contributed by atoms with Crippen molar-refractivity contribution in [3.05, 3.63) is 17.4 Å². The van der Waals surface area contributed by atoms with Gasteiger partial charge in [0, 0.05) is 18.8 Å². The molecular formula is C10H16ClN3. The first-order chi connectivity index (χ1) is 6.84. The zero-order chi connectivity index (χ0) is 9.80. The van der Waals surface area contributed by atoms with Crippen LogP contribution in [0, 0.1) is 0 Å². The number of halogens is 1. The quantitative estimate of drug-likeness (QED) is 0.734. The summed E-state index contributed by atoms with van der Waals surface area (Å²) in [6, 6.07) is 0.828. The monoisotopic (exact) mass is 213 g/mol. The molecule has 1 N–H and O–H groups in total. The van der Waals surface area contributed by atoms with Gasteiger partial charge in [0.25, 0.3) is 0 Å². The fraction of sp³-hybridized carbons (Fsp3) is 0.700. The molecule has 14 heavy (non-hydrogen) atoms. The van der Waals surface area contributed by atoms with Crippen LogP contribution in [-0.2, 0) is 6.54 Å². The van der Waals surface area contributed by atoms with Crippen LogP contribution in [0.5, 0.6) is 0 Å². The summed E-state index contributed by atoms with van der Waals surface area (Å²) in [5.74, 6) is 0. The van der Waals surface area contributed by atoms with E-state index in [1.165, 1.54) is 19.3 Å².